The minimum atomic E-state index is -0.634. The van der Waals surface area contributed by atoms with Gasteiger partial charge in [-0.1, -0.05) is 18.0 Å². The lowest BCUT2D eigenvalue weighted by atomic mass is 9.81. The maximum atomic E-state index is 11.7. The molecule has 1 N–H and O–H groups in total. The minimum Gasteiger partial charge on any atom is -0.496 e. The first-order valence-corrected chi connectivity index (χ1v) is 7.71. The predicted molar refractivity (Wildman–Crippen MR) is 80.7 cm³/mol. The summed E-state index contributed by atoms with van der Waals surface area (Å²) in [5, 5.41) is 10.3. The lowest BCUT2D eigenvalue weighted by Gasteiger charge is -2.23. The van der Waals surface area contributed by atoms with Crippen molar-refractivity contribution in [3.63, 3.8) is 0 Å². The second kappa shape index (κ2) is 5.50. The van der Waals surface area contributed by atoms with Gasteiger partial charge in [0, 0.05) is 30.2 Å². The standard InChI is InChI=1S/C16H20ClNO3/c1-21-14-5-4-13(17)7-11(14)8-18-9-12-3-2-6-16(12,10-18)15(19)20/h4-5,7,12H,2-3,6,8-10H2,1H3,(H,19,20)/t12-,16+/m0/s1. The van der Waals surface area contributed by atoms with Crippen molar-refractivity contribution >= 4 is 17.6 Å². The Balaban J connectivity index is 1.79. The zero-order valence-corrected chi connectivity index (χ0v) is 12.9. The number of ether oxygens (including phenoxy) is 1. The number of fused-ring (bicyclic) bond motifs is 1. The minimum absolute atomic E-state index is 0.278. The molecule has 1 aromatic carbocycles. The van der Waals surface area contributed by atoms with Crippen LogP contribution in [0.1, 0.15) is 24.8 Å². The summed E-state index contributed by atoms with van der Waals surface area (Å²) in [7, 11) is 1.64. The van der Waals surface area contributed by atoms with Crippen LogP contribution in [0.25, 0.3) is 0 Å². The van der Waals surface area contributed by atoms with Gasteiger partial charge in [0.15, 0.2) is 0 Å². The van der Waals surface area contributed by atoms with E-state index in [4.69, 9.17) is 16.3 Å². The highest BCUT2D eigenvalue weighted by Crippen LogP contribution is 2.49. The van der Waals surface area contributed by atoms with Gasteiger partial charge in [-0.05, 0) is 37.0 Å². The zero-order chi connectivity index (χ0) is 15.0. The van der Waals surface area contributed by atoms with Gasteiger partial charge in [-0.25, -0.2) is 0 Å². The average Bonchev–Trinajstić information content (AvgIpc) is 2.96. The third kappa shape index (κ3) is 2.51. The SMILES string of the molecule is COc1ccc(Cl)cc1CN1C[C@@H]2CCC[C@@]2(C(=O)O)C1. The highest BCUT2D eigenvalue weighted by Gasteiger charge is 2.54. The second-order valence-corrected chi connectivity index (χ2v) is 6.61. The molecule has 3 rings (SSSR count). The summed E-state index contributed by atoms with van der Waals surface area (Å²) in [6.07, 6.45) is 2.86. The van der Waals surface area contributed by atoms with Gasteiger partial charge in [0.25, 0.3) is 0 Å². The smallest absolute Gasteiger partial charge is 0.311 e. The summed E-state index contributed by atoms with van der Waals surface area (Å²) >= 11 is 6.06. The van der Waals surface area contributed by atoms with E-state index in [0.717, 1.165) is 37.1 Å². The van der Waals surface area contributed by atoms with Crippen molar-refractivity contribution in [1.29, 1.82) is 0 Å². The zero-order valence-electron chi connectivity index (χ0n) is 12.1. The first-order chi connectivity index (χ1) is 10.0. The van der Waals surface area contributed by atoms with Gasteiger partial charge in [-0.3, -0.25) is 9.69 Å². The number of aliphatic carboxylic acids is 1. The molecule has 0 bridgehead atoms. The fourth-order valence-corrected chi connectivity index (χ4v) is 4.17. The van der Waals surface area contributed by atoms with Crippen molar-refractivity contribution < 1.29 is 14.6 Å². The van der Waals surface area contributed by atoms with Gasteiger partial charge < -0.3 is 9.84 Å². The number of carboxylic acid groups (broad SMARTS) is 1. The lowest BCUT2D eigenvalue weighted by Crippen LogP contribution is -2.35. The second-order valence-electron chi connectivity index (χ2n) is 6.18. The van der Waals surface area contributed by atoms with Gasteiger partial charge in [0.05, 0.1) is 12.5 Å². The molecule has 21 heavy (non-hydrogen) atoms. The van der Waals surface area contributed by atoms with E-state index < -0.39 is 11.4 Å². The summed E-state index contributed by atoms with van der Waals surface area (Å²) in [4.78, 5) is 13.9. The van der Waals surface area contributed by atoms with E-state index in [1.54, 1.807) is 13.2 Å². The fraction of sp³-hybridized carbons (Fsp3) is 0.562. The van der Waals surface area contributed by atoms with E-state index in [-0.39, 0.29) is 5.92 Å². The maximum absolute atomic E-state index is 11.7. The molecule has 1 saturated carbocycles. The van der Waals surface area contributed by atoms with E-state index in [0.29, 0.717) is 18.1 Å². The number of rotatable bonds is 4. The van der Waals surface area contributed by atoms with E-state index in [9.17, 15) is 9.90 Å². The average molecular weight is 310 g/mol. The number of carbonyl (C=O) groups is 1. The van der Waals surface area contributed by atoms with Crippen LogP contribution in [-0.2, 0) is 11.3 Å². The molecule has 0 spiro atoms. The fourth-order valence-electron chi connectivity index (χ4n) is 3.98. The van der Waals surface area contributed by atoms with E-state index in [2.05, 4.69) is 4.90 Å². The largest absolute Gasteiger partial charge is 0.496 e. The molecule has 2 fully saturated rings. The van der Waals surface area contributed by atoms with Gasteiger partial charge in [0.2, 0.25) is 0 Å². The molecule has 0 amide bonds. The van der Waals surface area contributed by atoms with Crippen molar-refractivity contribution in [2.24, 2.45) is 11.3 Å². The molecule has 1 saturated heterocycles. The Morgan fingerprint density at radius 3 is 3.05 bits per heavy atom. The third-order valence-corrected chi connectivity index (χ3v) is 5.24. The number of halogens is 1. The van der Waals surface area contributed by atoms with Gasteiger partial charge in [-0.15, -0.1) is 0 Å². The Hall–Kier alpha value is -1.26. The number of carboxylic acids is 1. The first kappa shape index (κ1) is 14.7. The van der Waals surface area contributed by atoms with E-state index >= 15 is 0 Å². The van der Waals surface area contributed by atoms with Crippen LogP contribution < -0.4 is 4.74 Å². The number of hydrogen-bond donors (Lipinski definition) is 1. The van der Waals surface area contributed by atoms with Gasteiger partial charge in [-0.2, -0.15) is 0 Å². The normalized spacial score (nSPS) is 28.6. The molecule has 4 nitrogen and oxygen atoms in total. The number of hydrogen-bond acceptors (Lipinski definition) is 3. The lowest BCUT2D eigenvalue weighted by molar-refractivity contribution is -0.149. The Labute approximate surface area is 129 Å². The Bertz CT molecular complexity index is 562. The summed E-state index contributed by atoms with van der Waals surface area (Å²) in [5.41, 5.74) is 0.483. The molecule has 1 heterocycles. The van der Waals surface area contributed by atoms with Crippen LogP contribution in [0.3, 0.4) is 0 Å². The number of benzene rings is 1. The molecule has 0 aromatic heterocycles. The molecule has 1 aliphatic carbocycles. The van der Waals surface area contributed by atoms with Crippen LogP contribution in [0, 0.1) is 11.3 Å². The Morgan fingerprint density at radius 2 is 2.38 bits per heavy atom. The van der Waals surface area contributed by atoms with Crippen molar-refractivity contribution in [2.75, 3.05) is 20.2 Å². The van der Waals surface area contributed by atoms with Gasteiger partial charge >= 0.3 is 5.97 Å². The van der Waals surface area contributed by atoms with E-state index in [1.165, 1.54) is 0 Å². The Kier molecular flexibility index (Phi) is 3.84. The van der Waals surface area contributed by atoms with Crippen molar-refractivity contribution in [2.45, 2.75) is 25.8 Å². The molecule has 0 unspecified atom stereocenters. The molecule has 1 aliphatic heterocycles. The number of likely N-dealkylation sites (tertiary alicyclic amines) is 1. The van der Waals surface area contributed by atoms with Crippen molar-refractivity contribution in [3.8, 4) is 5.75 Å². The summed E-state index contributed by atoms with van der Waals surface area (Å²) in [6, 6.07) is 5.57. The summed E-state index contributed by atoms with van der Waals surface area (Å²) < 4.78 is 5.38. The maximum Gasteiger partial charge on any atom is 0.311 e. The molecular weight excluding hydrogens is 290 g/mol. The van der Waals surface area contributed by atoms with Crippen LogP contribution in [-0.4, -0.2) is 36.2 Å². The summed E-state index contributed by atoms with van der Waals surface area (Å²) in [6.45, 7) is 2.17. The first-order valence-electron chi connectivity index (χ1n) is 7.33. The topological polar surface area (TPSA) is 49.8 Å². The molecule has 5 heteroatoms. The molecule has 2 atom stereocenters. The Morgan fingerprint density at radius 1 is 1.57 bits per heavy atom. The van der Waals surface area contributed by atoms with Crippen LogP contribution in [0.5, 0.6) is 5.75 Å². The summed E-state index contributed by atoms with van der Waals surface area (Å²) in [5.74, 6) is 0.451. The van der Waals surface area contributed by atoms with Crippen LogP contribution in [0.15, 0.2) is 18.2 Å². The highest BCUT2D eigenvalue weighted by molar-refractivity contribution is 6.30. The van der Waals surface area contributed by atoms with Gasteiger partial charge in [0.1, 0.15) is 5.75 Å². The number of nitrogens with zero attached hydrogens (tertiary/aromatic N) is 1. The molecule has 0 radical (unpaired) electrons. The van der Waals surface area contributed by atoms with Crippen LogP contribution in [0.4, 0.5) is 0 Å². The van der Waals surface area contributed by atoms with Crippen molar-refractivity contribution in [3.05, 3.63) is 28.8 Å². The molecule has 1 aromatic rings. The van der Waals surface area contributed by atoms with Crippen molar-refractivity contribution in [1.82, 2.24) is 4.90 Å². The highest BCUT2D eigenvalue weighted by atomic mass is 35.5. The monoisotopic (exact) mass is 309 g/mol. The quantitative estimate of drug-likeness (QED) is 0.929. The van der Waals surface area contributed by atoms with E-state index in [1.807, 2.05) is 12.1 Å². The number of methoxy groups -OCH3 is 1. The molecule has 2 aliphatic rings. The van der Waals surface area contributed by atoms with Crippen LogP contribution >= 0.6 is 11.6 Å². The third-order valence-electron chi connectivity index (χ3n) is 5.00. The predicted octanol–water partition coefficient (Wildman–Crippen LogP) is 3.04. The molecule has 114 valence electrons. The van der Waals surface area contributed by atoms with Crippen LogP contribution in [0.2, 0.25) is 5.02 Å². The molecular formula is C16H20ClNO3.